The molecule has 1 amide bonds. The van der Waals surface area contributed by atoms with Gasteiger partial charge < -0.3 is 63.8 Å². The maximum Gasteiger partial charge on any atom is 0.126 e. The number of ether oxygens (including phenoxy) is 7. The maximum atomic E-state index is 14.7. The predicted molar refractivity (Wildman–Crippen MR) is 324 cm³/mol. The number of benzene rings is 2. The first-order valence-corrected chi connectivity index (χ1v) is 34.3. The van der Waals surface area contributed by atoms with Crippen molar-refractivity contribution in [3.63, 3.8) is 0 Å². The van der Waals surface area contributed by atoms with Crippen molar-refractivity contribution in [2.75, 3.05) is 47.1 Å². The van der Waals surface area contributed by atoms with E-state index in [1.807, 2.05) is 32.8 Å². The van der Waals surface area contributed by atoms with Crippen LogP contribution in [0.1, 0.15) is 159 Å². The van der Waals surface area contributed by atoms with E-state index in [2.05, 4.69) is 60.7 Å². The van der Waals surface area contributed by atoms with E-state index in [9.17, 15) is 35.1 Å². The Morgan fingerprint density at radius 2 is 1.35 bits per heavy atom. The summed E-state index contributed by atoms with van der Waals surface area (Å²) >= 11 is 8.20. The molecule has 4 heterocycles. The van der Waals surface area contributed by atoms with Crippen molar-refractivity contribution in [2.24, 2.45) is 17.8 Å². The van der Waals surface area contributed by atoms with Gasteiger partial charge in [0.1, 0.15) is 30.0 Å². The van der Waals surface area contributed by atoms with Crippen LogP contribution in [0.25, 0.3) is 0 Å². The molecule has 2 aromatic rings. The molecule has 0 unspecified atom stereocenters. The number of unbranched alkanes of at least 4 members (excludes halogenated alkanes) is 8. The number of nitrogens with zero attached hydrogens (tertiary/aromatic N) is 2. The molecule has 2 aromatic carbocycles. The zero-order valence-electron chi connectivity index (χ0n) is 51.9. The van der Waals surface area contributed by atoms with Crippen molar-refractivity contribution < 1.29 is 68.3 Å². The first-order chi connectivity index (χ1) is 38.6. The Hall–Kier alpha value is -2.38. The van der Waals surface area contributed by atoms with Gasteiger partial charge >= 0.3 is 194 Å². The molecule has 18 atom stereocenters. The Kier molecular flexibility index (Phi) is 24.8. The predicted octanol–water partition coefficient (Wildman–Crippen LogP) is 8.46. The number of carbonyl (C=O) groups is 2. The summed E-state index contributed by atoms with van der Waals surface area (Å²) in [6.07, 6.45) is 0.612. The van der Waals surface area contributed by atoms with Crippen LogP contribution >= 0.6 is 17.2 Å². The second-order valence-corrected chi connectivity index (χ2v) is 33.1. The monoisotopic (exact) mass is 1190 g/mol. The second kappa shape index (κ2) is 29.5. The average Bonchev–Trinajstić information content (AvgIpc) is 1.09. The number of aliphatic hydroxyl groups excluding tert-OH is 3. The first kappa shape index (κ1) is 68.7. The van der Waals surface area contributed by atoms with Gasteiger partial charge in [-0.15, -0.1) is 0 Å². The fourth-order valence-corrected chi connectivity index (χ4v) is 20.7. The number of hydrogen-bond donors (Lipinski definition) is 5. The van der Waals surface area contributed by atoms with Gasteiger partial charge in [0.2, 0.25) is 0 Å². The largest absolute Gasteiger partial charge is 0.388 e. The molecule has 0 aromatic heterocycles. The molecule has 18 heteroatoms. The minimum atomic E-state index is -3.06. The van der Waals surface area contributed by atoms with Gasteiger partial charge in [-0.05, 0) is 87.7 Å². The van der Waals surface area contributed by atoms with E-state index in [0.717, 1.165) is 57.5 Å². The number of aliphatic hydroxyl groups is 5. The molecule has 0 aliphatic carbocycles. The summed E-state index contributed by atoms with van der Waals surface area (Å²) in [7, 11) is 5.26. The fraction of sp³-hybridized carbons (Fsp3) is 0.781. The second-order valence-electron chi connectivity index (χ2n) is 26.0. The third kappa shape index (κ3) is 15.7. The summed E-state index contributed by atoms with van der Waals surface area (Å²) in [6.45, 7) is 18.8. The van der Waals surface area contributed by atoms with E-state index in [1.165, 1.54) is 24.6 Å². The molecule has 4 fully saturated rings. The van der Waals surface area contributed by atoms with Gasteiger partial charge in [0.25, 0.3) is 0 Å². The molecule has 4 aliphatic rings. The van der Waals surface area contributed by atoms with E-state index < -0.39 is 108 Å². The van der Waals surface area contributed by atoms with Crippen LogP contribution in [0.15, 0.2) is 60.7 Å². The number of cyclic esters (lactones) is 1. The van der Waals surface area contributed by atoms with Crippen LogP contribution in [0.4, 0.5) is 0 Å². The Balaban J connectivity index is 1.15. The minimum absolute atomic E-state index is 0.0684. The number of esters is 1. The van der Waals surface area contributed by atoms with Gasteiger partial charge in [-0.1, -0.05) is 20.8 Å². The Bertz CT molecular complexity index is 2240. The van der Waals surface area contributed by atoms with Crippen LogP contribution in [0.2, 0.25) is 0 Å². The Morgan fingerprint density at radius 3 is 1.88 bits per heavy atom. The van der Waals surface area contributed by atoms with E-state index in [1.54, 1.807) is 53.4 Å². The summed E-state index contributed by atoms with van der Waals surface area (Å²) < 4.78 is 44.1. The Labute approximate surface area is 496 Å². The molecule has 6 rings (SSSR count). The number of hydrogen-bond acceptors (Lipinski definition) is 15. The van der Waals surface area contributed by atoms with Crippen molar-refractivity contribution in [3.05, 3.63) is 60.7 Å². The SMILES string of the molecule is CC[C@H]1OC(=O)[C@@H](C)[C@@H](O[C@H]2C[C@@](C)(OC)[C@@H](O)[C@H](C)O2)[C@H](C)[C@@H](O[C@@H]2O[C@H](C)C[C@H](N(C)C)[C@H]2O)[C@](C)(O)C[C@@H](C)CN(C(=O)CCCCCCCCCCCP(Cl)(c2ccccc2)(c2ccccc2)C2COC2)[C@H](C)[C@@H](O)[C@]1(C)O. The third-order valence-corrected chi connectivity index (χ3v) is 27.6. The van der Waals surface area contributed by atoms with Crippen LogP contribution in [-0.4, -0.2) is 190 Å². The zero-order valence-corrected chi connectivity index (χ0v) is 53.5. The molecule has 82 heavy (non-hydrogen) atoms. The number of amides is 1. The van der Waals surface area contributed by atoms with Crippen LogP contribution in [0.5, 0.6) is 0 Å². The summed E-state index contributed by atoms with van der Waals surface area (Å²) in [4.78, 5) is 32.8. The summed E-state index contributed by atoms with van der Waals surface area (Å²) in [6, 6.07) is 20.1. The van der Waals surface area contributed by atoms with Crippen molar-refractivity contribution in [1.29, 1.82) is 0 Å². The number of rotatable bonds is 22. The van der Waals surface area contributed by atoms with Crippen molar-refractivity contribution >= 4 is 39.7 Å². The van der Waals surface area contributed by atoms with Gasteiger partial charge in [0.05, 0.1) is 47.6 Å². The van der Waals surface area contributed by atoms with Gasteiger partial charge in [0, 0.05) is 32.0 Å². The molecule has 4 aliphatic heterocycles. The van der Waals surface area contributed by atoms with Gasteiger partial charge in [-0.2, -0.15) is 0 Å². The van der Waals surface area contributed by atoms with Crippen molar-refractivity contribution in [2.45, 2.75) is 255 Å². The van der Waals surface area contributed by atoms with Crippen LogP contribution in [-0.2, 0) is 42.7 Å². The molecular weight excluding hydrogens is 1090 g/mol. The van der Waals surface area contributed by atoms with Crippen molar-refractivity contribution in [3.8, 4) is 0 Å². The van der Waals surface area contributed by atoms with Crippen LogP contribution in [0, 0.1) is 17.8 Å². The van der Waals surface area contributed by atoms with Gasteiger partial charge in [-0.25, -0.2) is 0 Å². The summed E-state index contributed by atoms with van der Waals surface area (Å²) in [5, 5.41) is 63.0. The zero-order chi connectivity index (χ0) is 60.4. The summed E-state index contributed by atoms with van der Waals surface area (Å²) in [5.74, 6) is -6.35. The smallest absolute Gasteiger partial charge is 0.126 e. The molecule has 0 bridgehead atoms. The molecule has 16 nitrogen and oxygen atoms in total. The molecule has 5 N–H and O–H groups in total. The van der Waals surface area contributed by atoms with Crippen LogP contribution < -0.4 is 10.6 Å². The van der Waals surface area contributed by atoms with Gasteiger partial charge in [-0.3, -0.25) is 9.59 Å². The maximum absolute atomic E-state index is 14.7. The normalized spacial score (nSPS) is 37.3. The molecule has 0 saturated carbocycles. The standard InChI is InChI=1S/C64H106ClN2O14P/c1-14-52-64(10,74)57(70)46(6)67(53(68)34-28-20-18-16-15-17-19-21-29-35-82(65,50-40-76-41-50,48-30-24-22-25-31-48)49-32-26-23-27-33-49)39-42(2)37-62(8,73)59(81-61-55(69)51(66(11)12)36-43(3)77-61)44(4)56(45(5)60(72)79-52)80-54-38-63(9,75-13)58(71)47(7)78-54/h22-27,30-33,42-47,50-52,54-59,61,69-71,73-74H,14-21,28-29,34-41H2,1-13H3/t42-,43-,44+,45+,46-,47+,51+,52-,54+,55-,56+,57-,58+,59-,61+,62-,63-,64-/m1/s1. The summed E-state index contributed by atoms with van der Waals surface area (Å²) in [5.41, 5.74) is -4.51. The fourth-order valence-electron chi connectivity index (χ4n) is 14.0. The quantitative estimate of drug-likeness (QED) is 0.0426. The Morgan fingerprint density at radius 1 is 0.793 bits per heavy atom. The molecule has 4 saturated heterocycles. The van der Waals surface area contributed by atoms with E-state index in [0.29, 0.717) is 31.7 Å². The molecule has 0 radical (unpaired) electrons. The number of methoxy groups -OCH3 is 1. The average molecular weight is 1190 g/mol. The number of likely N-dealkylation sites (N-methyl/N-ethyl adjacent to an activating group) is 1. The van der Waals surface area contributed by atoms with E-state index >= 15 is 0 Å². The molecular formula is C64H106ClN2O14P. The van der Waals surface area contributed by atoms with Crippen molar-refractivity contribution in [1.82, 2.24) is 9.80 Å². The number of halogens is 1. The first-order valence-electron chi connectivity index (χ1n) is 30.9. The van der Waals surface area contributed by atoms with Crippen LogP contribution in [0.3, 0.4) is 0 Å². The minimum Gasteiger partial charge on any atom is -0.388 e. The van der Waals surface area contributed by atoms with E-state index in [4.69, 9.17) is 44.4 Å². The topological polar surface area (TPSA) is 206 Å². The molecule has 468 valence electrons. The van der Waals surface area contributed by atoms with Gasteiger partial charge in [0.15, 0.2) is 12.6 Å². The number of carbonyl (C=O) groups excluding carboxylic acids is 2. The third-order valence-electron chi connectivity index (χ3n) is 19.2. The van der Waals surface area contributed by atoms with E-state index in [-0.39, 0.29) is 50.3 Å². The molecule has 0 spiro atoms.